The van der Waals surface area contributed by atoms with Crippen LogP contribution in [0.15, 0.2) is 35.7 Å². The summed E-state index contributed by atoms with van der Waals surface area (Å²) in [6, 6.07) is 9.34. The van der Waals surface area contributed by atoms with Gasteiger partial charge in [-0.1, -0.05) is 6.92 Å². The highest BCUT2D eigenvalue weighted by atomic mass is 32.1. The Morgan fingerprint density at radius 1 is 1.12 bits per heavy atom. The van der Waals surface area contributed by atoms with Crippen LogP contribution in [-0.4, -0.2) is 49.1 Å². The number of benzene rings is 1. The standard InChI is InChI=1S/C26H34N2O3S/c1-3-20-14-17-32-25(20)18-22(19-28-15-6-7-16-28)27-26(30)9-5-4-8-24(29)21-10-12-23(31-2)13-11-21/h10-14,17,22H,2-9,15-16,18-19H2,1H3/p+1. The van der Waals surface area contributed by atoms with Crippen molar-refractivity contribution in [1.29, 1.82) is 0 Å². The second-order valence-electron chi connectivity index (χ2n) is 8.50. The number of carbonyl (C=O) groups excluding carboxylic acids is 3. The van der Waals surface area contributed by atoms with Crippen molar-refractivity contribution in [3.63, 3.8) is 0 Å². The van der Waals surface area contributed by atoms with Crippen LogP contribution >= 0.6 is 11.3 Å². The van der Waals surface area contributed by atoms with Crippen molar-refractivity contribution in [2.75, 3.05) is 19.6 Å². The lowest BCUT2D eigenvalue weighted by atomic mass is 10.0. The number of hydrogen-bond donors (Lipinski definition) is 1. The predicted octanol–water partition coefficient (Wildman–Crippen LogP) is 4.95. The van der Waals surface area contributed by atoms with Crippen LogP contribution < -0.4 is 5.32 Å². The van der Waals surface area contributed by atoms with Crippen molar-refractivity contribution in [3.05, 3.63) is 51.7 Å². The van der Waals surface area contributed by atoms with E-state index in [1.165, 1.54) is 23.3 Å². The van der Waals surface area contributed by atoms with Crippen LogP contribution in [-0.2, 0) is 22.1 Å². The number of unbranched alkanes of at least 4 members (excludes halogenated alkanes) is 1. The van der Waals surface area contributed by atoms with E-state index in [0.29, 0.717) is 37.0 Å². The Kier molecular flexibility index (Phi) is 9.62. The maximum atomic E-state index is 12.7. The second kappa shape index (κ2) is 12.7. The smallest absolute Gasteiger partial charge is 0.351 e. The lowest BCUT2D eigenvalue weighted by molar-refractivity contribution is -0.354. The third-order valence-electron chi connectivity index (χ3n) is 6.09. The molecule has 1 N–H and O–H groups in total. The van der Waals surface area contributed by atoms with E-state index in [9.17, 15) is 9.59 Å². The molecule has 2 heterocycles. The Balaban J connectivity index is 1.45. The first-order valence-corrected chi connectivity index (χ1v) is 12.6. The molecule has 0 radical (unpaired) electrons. The van der Waals surface area contributed by atoms with Gasteiger partial charge in [-0.2, -0.15) is 0 Å². The molecule has 1 aliphatic rings. The van der Waals surface area contributed by atoms with Crippen LogP contribution in [0.1, 0.15) is 66.2 Å². The highest BCUT2D eigenvalue weighted by molar-refractivity contribution is 7.10. The molecule has 0 spiro atoms. The van der Waals surface area contributed by atoms with Gasteiger partial charge in [0, 0.05) is 54.4 Å². The number of amides is 1. The number of ketones is 1. The van der Waals surface area contributed by atoms with Crippen molar-refractivity contribution in [2.24, 2.45) is 0 Å². The summed E-state index contributed by atoms with van der Waals surface area (Å²) in [6.07, 6.45) is 6.76. The van der Waals surface area contributed by atoms with E-state index < -0.39 is 0 Å². The molecular formula is C26H35N2O3S+. The summed E-state index contributed by atoms with van der Waals surface area (Å²) in [6.45, 7) is 8.71. The zero-order valence-electron chi connectivity index (χ0n) is 19.1. The van der Waals surface area contributed by atoms with E-state index in [1.807, 2.05) is 0 Å². The molecule has 1 atom stereocenters. The van der Waals surface area contributed by atoms with Crippen molar-refractivity contribution < 1.29 is 14.0 Å². The number of carbonyl (C=O) groups is 2. The second-order valence-corrected chi connectivity index (χ2v) is 9.50. The zero-order chi connectivity index (χ0) is 22.8. The quantitative estimate of drug-likeness (QED) is 0.264. The molecule has 1 aromatic heterocycles. The van der Waals surface area contributed by atoms with Gasteiger partial charge in [-0.05, 0) is 74.3 Å². The average molecular weight is 456 g/mol. The fourth-order valence-electron chi connectivity index (χ4n) is 4.28. The average Bonchev–Trinajstić information content (AvgIpc) is 3.48. The van der Waals surface area contributed by atoms with E-state index in [-0.39, 0.29) is 17.7 Å². The molecule has 3 rings (SSSR count). The molecule has 32 heavy (non-hydrogen) atoms. The van der Waals surface area contributed by atoms with Crippen molar-refractivity contribution >= 4 is 29.8 Å². The van der Waals surface area contributed by atoms with Gasteiger partial charge in [0.1, 0.15) is 0 Å². The van der Waals surface area contributed by atoms with Crippen molar-refractivity contribution in [3.8, 4) is 5.75 Å². The molecule has 0 aliphatic carbocycles. The van der Waals surface area contributed by atoms with Gasteiger partial charge in [0.05, 0.1) is 0 Å². The minimum atomic E-state index is 0.0909. The Bertz CT molecular complexity index is 885. The molecule has 1 aromatic carbocycles. The van der Waals surface area contributed by atoms with Gasteiger partial charge in [-0.15, -0.1) is 11.3 Å². The summed E-state index contributed by atoms with van der Waals surface area (Å²) < 4.78 is 4.88. The minimum Gasteiger partial charge on any atom is -0.352 e. The van der Waals surface area contributed by atoms with Crippen LogP contribution in [0.4, 0.5) is 0 Å². The maximum Gasteiger partial charge on any atom is 0.351 e. The molecule has 1 unspecified atom stereocenters. The molecule has 1 fully saturated rings. The Labute approximate surface area is 195 Å². The topological polar surface area (TPSA) is 60.7 Å². The first-order chi connectivity index (χ1) is 15.6. The summed E-state index contributed by atoms with van der Waals surface area (Å²) in [5.41, 5.74) is 2.06. The first-order valence-electron chi connectivity index (χ1n) is 11.7. The summed E-state index contributed by atoms with van der Waals surface area (Å²) in [7, 11) is 0. The van der Waals surface area contributed by atoms with E-state index in [4.69, 9.17) is 4.42 Å². The summed E-state index contributed by atoms with van der Waals surface area (Å²) >= 11 is 1.79. The fourth-order valence-corrected chi connectivity index (χ4v) is 5.33. The molecule has 0 saturated carbocycles. The monoisotopic (exact) mass is 455 g/mol. The lowest BCUT2D eigenvalue weighted by Gasteiger charge is -2.24. The van der Waals surface area contributed by atoms with Gasteiger partial charge in [0.15, 0.2) is 5.78 Å². The zero-order valence-corrected chi connectivity index (χ0v) is 19.9. The molecule has 1 saturated heterocycles. The number of hydrogen-bond acceptors (Lipinski definition) is 4. The maximum absolute atomic E-state index is 12.7. The normalized spacial score (nSPS) is 14.9. The molecule has 2 aromatic rings. The van der Waals surface area contributed by atoms with Crippen LogP contribution in [0.3, 0.4) is 0 Å². The molecule has 172 valence electrons. The predicted molar refractivity (Wildman–Crippen MR) is 131 cm³/mol. The van der Waals surface area contributed by atoms with Crippen molar-refractivity contribution in [1.82, 2.24) is 10.2 Å². The van der Waals surface area contributed by atoms with Crippen LogP contribution in [0, 0.1) is 0 Å². The number of nitrogens with one attached hydrogen (secondary N) is 1. The molecule has 1 amide bonds. The lowest BCUT2D eigenvalue weighted by Crippen LogP contribution is -2.44. The highest BCUT2D eigenvalue weighted by Gasteiger charge is 2.21. The van der Waals surface area contributed by atoms with E-state index in [0.717, 1.165) is 32.5 Å². The summed E-state index contributed by atoms with van der Waals surface area (Å²) in [4.78, 5) is 28.9. The van der Waals surface area contributed by atoms with Gasteiger partial charge in [-0.3, -0.25) is 9.59 Å². The third kappa shape index (κ3) is 7.38. The van der Waals surface area contributed by atoms with E-state index >= 15 is 0 Å². The largest absolute Gasteiger partial charge is 0.352 e. The molecule has 0 bridgehead atoms. The number of likely N-dealkylation sites (tertiary alicyclic amines) is 1. The SMILES string of the molecule is C=[O+]c1ccc(C(=O)CCCCC(=O)NC(Cc2sccc2CC)CN2CCCC2)cc1. The van der Waals surface area contributed by atoms with Gasteiger partial charge < -0.3 is 10.2 Å². The number of aryl methyl sites for hydroxylation is 1. The molecule has 6 heteroatoms. The third-order valence-corrected chi connectivity index (χ3v) is 7.08. The van der Waals surface area contributed by atoms with Gasteiger partial charge in [0.2, 0.25) is 5.91 Å². The molecule has 1 aliphatic heterocycles. The van der Waals surface area contributed by atoms with Gasteiger partial charge >= 0.3 is 5.75 Å². The highest BCUT2D eigenvalue weighted by Crippen LogP contribution is 2.20. The summed E-state index contributed by atoms with van der Waals surface area (Å²) in [5, 5.41) is 5.44. The number of thiophene rings is 1. The molecule has 5 nitrogen and oxygen atoms in total. The molecular weight excluding hydrogens is 420 g/mol. The van der Waals surface area contributed by atoms with Crippen LogP contribution in [0.5, 0.6) is 5.75 Å². The first kappa shape index (κ1) is 24.3. The van der Waals surface area contributed by atoms with Crippen LogP contribution in [0.25, 0.3) is 0 Å². The Morgan fingerprint density at radius 3 is 2.53 bits per heavy atom. The van der Waals surface area contributed by atoms with E-state index in [2.05, 4.69) is 35.4 Å². The number of Topliss-reactive ketones (excluding diaryl/α,β-unsaturated/α-hetero) is 1. The van der Waals surface area contributed by atoms with Crippen molar-refractivity contribution in [2.45, 2.75) is 64.3 Å². The Morgan fingerprint density at radius 2 is 1.84 bits per heavy atom. The number of nitrogens with zero attached hydrogens (tertiary/aromatic N) is 1. The minimum absolute atomic E-state index is 0.0909. The van der Waals surface area contributed by atoms with Gasteiger partial charge in [-0.25, -0.2) is 4.42 Å². The Hall–Kier alpha value is -2.31. The van der Waals surface area contributed by atoms with E-state index in [1.54, 1.807) is 35.6 Å². The fraction of sp³-hybridized carbons (Fsp3) is 0.500. The van der Waals surface area contributed by atoms with Gasteiger partial charge in [0.25, 0.3) is 6.79 Å². The number of rotatable bonds is 13. The van der Waals surface area contributed by atoms with Crippen LogP contribution in [0.2, 0.25) is 0 Å². The summed E-state index contributed by atoms with van der Waals surface area (Å²) in [5.74, 6) is 0.821.